The lowest BCUT2D eigenvalue weighted by molar-refractivity contribution is -0.659. The Morgan fingerprint density at radius 3 is 1.75 bits per heavy atom. The first-order valence-corrected chi connectivity index (χ1v) is 22.7. The van der Waals surface area contributed by atoms with Gasteiger partial charge in [0.1, 0.15) is 23.9 Å². The van der Waals surface area contributed by atoms with E-state index in [9.17, 15) is 0 Å². The molecule has 0 radical (unpaired) electrons. The van der Waals surface area contributed by atoms with Gasteiger partial charge in [0, 0.05) is 29.1 Å². The highest BCUT2D eigenvalue weighted by atomic mass is 15.1. The molecule has 61 heavy (non-hydrogen) atoms. The van der Waals surface area contributed by atoms with E-state index >= 15 is 0 Å². The molecule has 1 aliphatic carbocycles. The molecule has 0 bridgehead atoms. The van der Waals surface area contributed by atoms with E-state index in [4.69, 9.17) is 4.98 Å². The van der Waals surface area contributed by atoms with E-state index in [0.717, 1.165) is 18.2 Å². The van der Waals surface area contributed by atoms with Crippen molar-refractivity contribution in [3.63, 3.8) is 0 Å². The number of para-hydroxylation sites is 1. The topological polar surface area (TPSA) is 26.6 Å². The SMILES string of the molecule is CC(C)C.Cc1ccc(-c2n(-c3c(C(C)C)cccc3C(C)C)cc[n+]2C)cc1.Cc1ccc(-c2nccn2-c2c(C(C)C)cc3c(c2C(C)C)Cc2ccccc2-3)c(C)c1. The second-order valence-electron chi connectivity index (χ2n) is 19.1. The summed E-state index contributed by atoms with van der Waals surface area (Å²) < 4.78 is 6.94. The fourth-order valence-corrected chi connectivity index (χ4v) is 8.88. The van der Waals surface area contributed by atoms with Gasteiger partial charge in [0.25, 0.3) is 5.82 Å². The standard InChI is InChI=1S/C30H32N2.C23H29N2.C4H10/c1-18(2)25-17-26-24-10-8-7-9-22(24)16-27(26)28(19(3)4)29(25)32-14-13-31-30(32)23-12-11-20(5)15-21(23)6;1-16(2)20-8-7-9-21(17(3)4)22(20)25-15-14-24(6)23(25)19-12-10-18(5)11-13-19;1-4(2)3/h7-15,17-19H,16H2,1-6H3;7-17H,1-6H3;4H,1-3H3/q;+1;. The average Bonchev–Trinajstić information content (AvgIpc) is 3.94. The summed E-state index contributed by atoms with van der Waals surface area (Å²) in [7, 11) is 2.12. The zero-order valence-corrected chi connectivity index (χ0v) is 39.9. The number of benzene rings is 5. The molecule has 318 valence electrons. The summed E-state index contributed by atoms with van der Waals surface area (Å²) in [6.45, 7) is 31.4. The third-order valence-electron chi connectivity index (χ3n) is 11.8. The van der Waals surface area contributed by atoms with Crippen LogP contribution in [0, 0.1) is 26.7 Å². The van der Waals surface area contributed by atoms with E-state index in [0.29, 0.717) is 23.7 Å². The van der Waals surface area contributed by atoms with Crippen LogP contribution in [0.2, 0.25) is 0 Å². The fraction of sp³-hybridized carbons (Fsp3) is 0.368. The number of aryl methyl sites for hydroxylation is 4. The van der Waals surface area contributed by atoms with Crippen LogP contribution >= 0.6 is 0 Å². The smallest absolute Gasteiger partial charge is 0.293 e. The molecule has 8 rings (SSSR count). The molecule has 1 aliphatic rings. The molecular formula is C57H71N4+. The molecule has 0 aliphatic heterocycles. The fourth-order valence-electron chi connectivity index (χ4n) is 8.88. The molecule has 0 atom stereocenters. The van der Waals surface area contributed by atoms with Crippen LogP contribution < -0.4 is 4.57 Å². The van der Waals surface area contributed by atoms with Crippen LogP contribution in [0.5, 0.6) is 0 Å². The number of rotatable bonds is 8. The molecule has 0 amide bonds. The third kappa shape index (κ3) is 9.55. The van der Waals surface area contributed by atoms with E-state index in [1.165, 1.54) is 89.5 Å². The second kappa shape index (κ2) is 19.1. The van der Waals surface area contributed by atoms with Gasteiger partial charge in [-0.1, -0.05) is 160 Å². The second-order valence-corrected chi connectivity index (χ2v) is 19.1. The number of hydrogen-bond donors (Lipinski definition) is 0. The minimum absolute atomic E-state index is 0.412. The van der Waals surface area contributed by atoms with Gasteiger partial charge >= 0.3 is 0 Å². The first-order chi connectivity index (χ1) is 29.0. The molecule has 4 nitrogen and oxygen atoms in total. The summed E-state index contributed by atoms with van der Waals surface area (Å²) in [5.74, 6) is 4.87. The van der Waals surface area contributed by atoms with Crippen LogP contribution in [0.4, 0.5) is 0 Å². The maximum absolute atomic E-state index is 4.85. The Labute approximate surface area is 368 Å². The van der Waals surface area contributed by atoms with E-state index in [1.54, 1.807) is 0 Å². The number of fused-ring (bicyclic) bond motifs is 3. The zero-order valence-electron chi connectivity index (χ0n) is 39.9. The predicted octanol–water partition coefficient (Wildman–Crippen LogP) is 15.2. The van der Waals surface area contributed by atoms with Crippen molar-refractivity contribution in [3.8, 4) is 45.3 Å². The highest BCUT2D eigenvalue weighted by Crippen LogP contribution is 2.46. The van der Waals surface area contributed by atoms with Gasteiger partial charge in [0.2, 0.25) is 0 Å². The van der Waals surface area contributed by atoms with Gasteiger partial charge in [-0.3, -0.25) is 4.57 Å². The van der Waals surface area contributed by atoms with Crippen molar-refractivity contribution in [1.29, 1.82) is 0 Å². The van der Waals surface area contributed by atoms with E-state index < -0.39 is 0 Å². The Bertz CT molecular complexity index is 2560. The Morgan fingerprint density at radius 1 is 0.557 bits per heavy atom. The summed E-state index contributed by atoms with van der Waals surface area (Å²) in [6, 6.07) is 33.6. The van der Waals surface area contributed by atoms with Crippen LogP contribution in [0.3, 0.4) is 0 Å². The largest absolute Gasteiger partial charge is 0.299 e. The minimum Gasteiger partial charge on any atom is -0.299 e. The molecule has 2 heterocycles. The molecule has 0 saturated heterocycles. The highest BCUT2D eigenvalue weighted by molar-refractivity contribution is 5.82. The summed E-state index contributed by atoms with van der Waals surface area (Å²) in [5, 5.41) is 0. The molecule has 0 fully saturated rings. The normalized spacial score (nSPS) is 11.9. The molecule has 0 saturated carbocycles. The van der Waals surface area contributed by atoms with Gasteiger partial charge < -0.3 is 0 Å². The molecule has 0 N–H and O–H groups in total. The maximum atomic E-state index is 4.85. The van der Waals surface area contributed by atoms with Crippen molar-refractivity contribution < 1.29 is 4.57 Å². The number of imidazole rings is 2. The first-order valence-electron chi connectivity index (χ1n) is 22.7. The average molecular weight is 812 g/mol. The van der Waals surface area contributed by atoms with E-state index in [1.807, 2.05) is 6.20 Å². The number of aromatic nitrogens is 4. The van der Waals surface area contributed by atoms with Gasteiger partial charge in [-0.2, -0.15) is 4.57 Å². The van der Waals surface area contributed by atoms with Crippen LogP contribution in [-0.2, 0) is 13.5 Å². The van der Waals surface area contributed by atoms with Crippen molar-refractivity contribution in [2.24, 2.45) is 13.0 Å². The Morgan fingerprint density at radius 2 is 1.16 bits per heavy atom. The Kier molecular flexibility index (Phi) is 14.1. The first kappa shape index (κ1) is 45.1. The molecular weight excluding hydrogens is 741 g/mol. The van der Waals surface area contributed by atoms with Crippen molar-refractivity contribution in [1.82, 2.24) is 14.1 Å². The quantitative estimate of drug-likeness (QED) is 0.140. The predicted molar refractivity (Wildman–Crippen MR) is 261 cm³/mol. The molecule has 5 aromatic carbocycles. The van der Waals surface area contributed by atoms with Crippen molar-refractivity contribution >= 4 is 0 Å². The Hall–Kier alpha value is -5.48. The lowest BCUT2D eigenvalue weighted by Gasteiger charge is -2.25. The maximum Gasteiger partial charge on any atom is 0.293 e. The monoisotopic (exact) mass is 812 g/mol. The van der Waals surface area contributed by atoms with Gasteiger partial charge in [0.15, 0.2) is 0 Å². The summed E-state index contributed by atoms with van der Waals surface area (Å²) in [6.07, 6.45) is 9.46. The van der Waals surface area contributed by atoms with Gasteiger partial charge in [-0.15, -0.1) is 0 Å². The van der Waals surface area contributed by atoms with E-state index in [-0.39, 0.29) is 0 Å². The lowest BCUT2D eigenvalue weighted by Crippen LogP contribution is -2.29. The summed E-state index contributed by atoms with van der Waals surface area (Å²) >= 11 is 0. The Balaban J connectivity index is 0.000000193. The molecule has 7 aromatic rings. The van der Waals surface area contributed by atoms with Gasteiger partial charge in [0.05, 0.1) is 18.3 Å². The summed E-state index contributed by atoms with van der Waals surface area (Å²) in [5.41, 5.74) is 20.4. The lowest BCUT2D eigenvalue weighted by atomic mass is 9.85. The molecule has 0 unspecified atom stereocenters. The van der Waals surface area contributed by atoms with Crippen molar-refractivity contribution in [3.05, 3.63) is 166 Å². The number of nitrogens with zero attached hydrogens (tertiary/aromatic N) is 4. The van der Waals surface area contributed by atoms with Crippen LogP contribution in [-0.4, -0.2) is 14.1 Å². The molecule has 2 aromatic heterocycles. The van der Waals surface area contributed by atoms with Crippen molar-refractivity contribution in [2.45, 2.75) is 127 Å². The van der Waals surface area contributed by atoms with Crippen LogP contribution in [0.1, 0.15) is 150 Å². The highest BCUT2D eigenvalue weighted by Gasteiger charge is 2.30. The van der Waals surface area contributed by atoms with Crippen LogP contribution in [0.15, 0.2) is 116 Å². The summed E-state index contributed by atoms with van der Waals surface area (Å²) in [4.78, 5) is 4.85. The zero-order chi connectivity index (χ0) is 44.3. The number of hydrogen-bond acceptors (Lipinski definition) is 1. The van der Waals surface area contributed by atoms with E-state index in [2.05, 4.69) is 227 Å². The minimum atomic E-state index is 0.412. The van der Waals surface area contributed by atoms with Gasteiger partial charge in [-0.25, -0.2) is 9.55 Å². The van der Waals surface area contributed by atoms with Crippen LogP contribution in [0.25, 0.3) is 45.3 Å². The van der Waals surface area contributed by atoms with Crippen molar-refractivity contribution in [2.75, 3.05) is 0 Å². The molecule has 4 heteroatoms. The molecule has 0 spiro atoms. The third-order valence-corrected chi connectivity index (χ3v) is 11.8. The van der Waals surface area contributed by atoms with Gasteiger partial charge in [-0.05, 0) is 114 Å².